The number of nitrogens with zero attached hydrogens (tertiary/aromatic N) is 1. The van der Waals surface area contributed by atoms with Gasteiger partial charge in [-0.3, -0.25) is 4.79 Å². The maximum absolute atomic E-state index is 12.7. The van der Waals surface area contributed by atoms with Gasteiger partial charge in [-0.2, -0.15) is 4.31 Å². The number of carbonyl (C=O) groups excluding carboxylic acids is 2. The molecule has 0 saturated carbocycles. The molecule has 1 atom stereocenters. The van der Waals surface area contributed by atoms with E-state index >= 15 is 0 Å². The SMILES string of the molecule is CC(NC(=O)COC(=O)c1cccc(S(=O)(=O)N2CCCC2)c1)c1ccc2c(c1)CCCC2. The van der Waals surface area contributed by atoms with Crippen molar-refractivity contribution in [2.24, 2.45) is 0 Å². The monoisotopic (exact) mass is 470 g/mol. The third-order valence-corrected chi connectivity index (χ3v) is 8.25. The fourth-order valence-electron chi connectivity index (χ4n) is 4.46. The van der Waals surface area contributed by atoms with Crippen LogP contribution >= 0.6 is 0 Å². The smallest absolute Gasteiger partial charge is 0.338 e. The maximum atomic E-state index is 12.7. The molecule has 8 heteroatoms. The minimum atomic E-state index is -3.63. The van der Waals surface area contributed by atoms with E-state index in [0.29, 0.717) is 13.1 Å². The summed E-state index contributed by atoms with van der Waals surface area (Å²) < 4.78 is 32.0. The fraction of sp³-hybridized carbons (Fsp3) is 0.440. The molecule has 7 nitrogen and oxygen atoms in total. The molecule has 1 N–H and O–H groups in total. The van der Waals surface area contributed by atoms with Gasteiger partial charge in [0.1, 0.15) is 0 Å². The highest BCUT2D eigenvalue weighted by Crippen LogP contribution is 2.25. The summed E-state index contributed by atoms with van der Waals surface area (Å²) in [6, 6.07) is 11.9. The third-order valence-electron chi connectivity index (χ3n) is 6.36. The molecule has 0 bridgehead atoms. The molecule has 1 heterocycles. The van der Waals surface area contributed by atoms with Crippen molar-refractivity contribution < 1.29 is 22.7 Å². The Morgan fingerprint density at radius 2 is 1.73 bits per heavy atom. The number of ether oxygens (including phenoxy) is 1. The predicted molar refractivity (Wildman–Crippen MR) is 124 cm³/mol. The second kappa shape index (κ2) is 10.1. The summed E-state index contributed by atoms with van der Waals surface area (Å²) in [5.74, 6) is -1.14. The summed E-state index contributed by atoms with van der Waals surface area (Å²) in [5.41, 5.74) is 3.85. The van der Waals surface area contributed by atoms with Gasteiger partial charge in [-0.05, 0) is 80.3 Å². The molecule has 33 heavy (non-hydrogen) atoms. The highest BCUT2D eigenvalue weighted by Gasteiger charge is 2.28. The zero-order valence-electron chi connectivity index (χ0n) is 18.9. The largest absolute Gasteiger partial charge is 0.452 e. The topological polar surface area (TPSA) is 92.8 Å². The quantitative estimate of drug-likeness (QED) is 0.626. The highest BCUT2D eigenvalue weighted by molar-refractivity contribution is 7.89. The van der Waals surface area contributed by atoms with E-state index < -0.39 is 28.5 Å². The average molecular weight is 471 g/mol. The van der Waals surface area contributed by atoms with Gasteiger partial charge in [0.2, 0.25) is 10.0 Å². The Morgan fingerprint density at radius 3 is 2.48 bits per heavy atom. The minimum absolute atomic E-state index is 0.0596. The second-order valence-electron chi connectivity index (χ2n) is 8.74. The van der Waals surface area contributed by atoms with Crippen LogP contribution in [0.4, 0.5) is 0 Å². The Balaban J connectivity index is 1.33. The van der Waals surface area contributed by atoms with Gasteiger partial charge >= 0.3 is 5.97 Å². The molecule has 0 spiro atoms. The molecule has 0 aromatic heterocycles. The van der Waals surface area contributed by atoms with E-state index in [0.717, 1.165) is 31.2 Å². The lowest BCUT2D eigenvalue weighted by Crippen LogP contribution is -2.31. The Morgan fingerprint density at radius 1 is 1.00 bits per heavy atom. The molecule has 176 valence electrons. The molecule has 1 fully saturated rings. The molecule has 1 amide bonds. The molecule has 2 aliphatic rings. The molecule has 1 aliphatic carbocycles. The van der Waals surface area contributed by atoms with Crippen molar-refractivity contribution >= 4 is 21.9 Å². The van der Waals surface area contributed by atoms with Crippen LogP contribution in [0, 0.1) is 0 Å². The van der Waals surface area contributed by atoms with Crippen LogP contribution in [0.3, 0.4) is 0 Å². The van der Waals surface area contributed by atoms with Crippen molar-refractivity contribution in [2.45, 2.75) is 56.4 Å². The molecule has 1 unspecified atom stereocenters. The molecule has 4 rings (SSSR count). The van der Waals surface area contributed by atoms with Gasteiger partial charge < -0.3 is 10.1 Å². The number of nitrogens with one attached hydrogen (secondary N) is 1. The number of esters is 1. The number of hydrogen-bond acceptors (Lipinski definition) is 5. The van der Waals surface area contributed by atoms with Crippen LogP contribution in [0.2, 0.25) is 0 Å². The van der Waals surface area contributed by atoms with E-state index in [1.165, 1.54) is 52.5 Å². The van der Waals surface area contributed by atoms with E-state index in [1.807, 2.05) is 13.0 Å². The average Bonchev–Trinajstić information content (AvgIpc) is 3.38. The molecule has 0 radical (unpaired) electrons. The van der Waals surface area contributed by atoms with Crippen LogP contribution in [-0.4, -0.2) is 44.3 Å². The second-order valence-corrected chi connectivity index (χ2v) is 10.7. The third kappa shape index (κ3) is 5.45. The van der Waals surface area contributed by atoms with Crippen LogP contribution in [-0.2, 0) is 32.4 Å². The summed E-state index contributed by atoms with van der Waals surface area (Å²) in [6.07, 6.45) is 6.24. The van der Waals surface area contributed by atoms with E-state index in [4.69, 9.17) is 4.74 Å². The first-order valence-electron chi connectivity index (χ1n) is 11.5. The van der Waals surface area contributed by atoms with Crippen molar-refractivity contribution in [3.63, 3.8) is 0 Å². The summed E-state index contributed by atoms with van der Waals surface area (Å²) in [5, 5.41) is 2.86. The van der Waals surface area contributed by atoms with Crippen LogP contribution in [0.1, 0.15) is 65.7 Å². The molecular weight excluding hydrogens is 440 g/mol. The van der Waals surface area contributed by atoms with E-state index in [2.05, 4.69) is 17.4 Å². The van der Waals surface area contributed by atoms with Crippen molar-refractivity contribution in [1.29, 1.82) is 0 Å². The first-order valence-corrected chi connectivity index (χ1v) is 13.0. The number of aryl methyl sites for hydroxylation is 2. The van der Waals surface area contributed by atoms with E-state index in [1.54, 1.807) is 0 Å². The van der Waals surface area contributed by atoms with E-state index in [9.17, 15) is 18.0 Å². The lowest BCUT2D eigenvalue weighted by molar-refractivity contribution is -0.124. The van der Waals surface area contributed by atoms with Gasteiger partial charge in [0.25, 0.3) is 5.91 Å². The summed E-state index contributed by atoms with van der Waals surface area (Å²) in [7, 11) is -3.63. The van der Waals surface area contributed by atoms with Gasteiger partial charge in [-0.1, -0.05) is 24.3 Å². The maximum Gasteiger partial charge on any atom is 0.338 e. The zero-order chi connectivity index (χ0) is 23.4. The normalized spacial score (nSPS) is 17.2. The lowest BCUT2D eigenvalue weighted by Gasteiger charge is -2.20. The van der Waals surface area contributed by atoms with Crippen molar-refractivity contribution in [3.05, 3.63) is 64.7 Å². The van der Waals surface area contributed by atoms with Gasteiger partial charge in [0.05, 0.1) is 16.5 Å². The Hall–Kier alpha value is -2.71. The molecule has 1 aliphatic heterocycles. The minimum Gasteiger partial charge on any atom is -0.452 e. The van der Waals surface area contributed by atoms with E-state index in [-0.39, 0.29) is 16.5 Å². The van der Waals surface area contributed by atoms with Crippen molar-refractivity contribution in [3.8, 4) is 0 Å². The summed E-state index contributed by atoms with van der Waals surface area (Å²) >= 11 is 0. The predicted octanol–water partition coefficient (Wildman–Crippen LogP) is 3.38. The molecular formula is C25H30N2O5S. The van der Waals surface area contributed by atoms with Crippen LogP contribution in [0.5, 0.6) is 0 Å². The Bertz CT molecular complexity index is 1140. The number of amides is 1. The number of hydrogen-bond donors (Lipinski definition) is 1. The summed E-state index contributed by atoms with van der Waals surface area (Å²) in [6.45, 7) is 2.44. The van der Waals surface area contributed by atoms with Crippen LogP contribution in [0.25, 0.3) is 0 Å². The highest BCUT2D eigenvalue weighted by atomic mass is 32.2. The summed E-state index contributed by atoms with van der Waals surface area (Å²) in [4.78, 5) is 24.9. The number of rotatable bonds is 7. The van der Waals surface area contributed by atoms with Gasteiger partial charge in [0, 0.05) is 13.1 Å². The zero-order valence-corrected chi connectivity index (χ0v) is 19.7. The standard InChI is InChI=1S/C25H30N2O5S/c1-18(20-12-11-19-7-2-3-8-21(19)15-20)26-24(28)17-32-25(29)22-9-6-10-23(16-22)33(30,31)27-13-4-5-14-27/h6,9-12,15-16,18H,2-5,7-8,13-14,17H2,1H3,(H,26,28). The van der Waals surface area contributed by atoms with Gasteiger partial charge in [-0.15, -0.1) is 0 Å². The van der Waals surface area contributed by atoms with Crippen molar-refractivity contribution in [2.75, 3.05) is 19.7 Å². The van der Waals surface area contributed by atoms with Gasteiger partial charge in [-0.25, -0.2) is 13.2 Å². The van der Waals surface area contributed by atoms with Crippen LogP contribution < -0.4 is 5.32 Å². The molecule has 2 aromatic carbocycles. The Kier molecular flexibility index (Phi) is 7.14. The first-order chi connectivity index (χ1) is 15.8. The number of fused-ring (bicyclic) bond motifs is 1. The van der Waals surface area contributed by atoms with Crippen LogP contribution in [0.15, 0.2) is 47.4 Å². The first kappa shape index (κ1) is 23.4. The number of carbonyl (C=O) groups is 2. The number of benzene rings is 2. The molecule has 2 aromatic rings. The Labute approximate surface area is 195 Å². The van der Waals surface area contributed by atoms with Crippen molar-refractivity contribution in [1.82, 2.24) is 9.62 Å². The fourth-order valence-corrected chi connectivity index (χ4v) is 6.03. The van der Waals surface area contributed by atoms with Gasteiger partial charge in [0.15, 0.2) is 6.61 Å². The number of sulfonamides is 1. The molecule has 1 saturated heterocycles. The lowest BCUT2D eigenvalue weighted by atomic mass is 9.89.